The van der Waals surface area contributed by atoms with Gasteiger partial charge in [-0.15, -0.1) is 0 Å². The minimum Gasteiger partial charge on any atom is -0.390 e. The van der Waals surface area contributed by atoms with Gasteiger partial charge in [-0.25, -0.2) is 0 Å². The van der Waals surface area contributed by atoms with Crippen molar-refractivity contribution in [1.29, 1.82) is 0 Å². The van der Waals surface area contributed by atoms with Crippen LogP contribution in [0.25, 0.3) is 22.4 Å². The van der Waals surface area contributed by atoms with E-state index in [4.69, 9.17) is 4.52 Å². The summed E-state index contributed by atoms with van der Waals surface area (Å²) in [6, 6.07) is 5.69. The minimum absolute atomic E-state index is 0.154. The predicted molar refractivity (Wildman–Crippen MR) is 75.4 cm³/mol. The molecule has 3 aromatic rings. The van der Waals surface area contributed by atoms with Gasteiger partial charge >= 0.3 is 0 Å². The van der Waals surface area contributed by atoms with Gasteiger partial charge in [-0.1, -0.05) is 5.16 Å². The molecule has 1 N–H and O–H groups in total. The van der Waals surface area contributed by atoms with Crippen LogP contribution in [0.15, 0.2) is 35.1 Å². The SMILES string of the molecule is CC1(O)CC(c2nc(-c3ccc4nccnc4c3)no2)C1. The zero-order valence-corrected chi connectivity index (χ0v) is 11.5. The van der Waals surface area contributed by atoms with E-state index in [-0.39, 0.29) is 5.92 Å². The summed E-state index contributed by atoms with van der Waals surface area (Å²) in [7, 11) is 0. The number of rotatable bonds is 2. The van der Waals surface area contributed by atoms with Crippen LogP contribution in [-0.4, -0.2) is 30.8 Å². The molecule has 0 saturated heterocycles. The third kappa shape index (κ3) is 2.17. The van der Waals surface area contributed by atoms with Crippen LogP contribution < -0.4 is 0 Å². The van der Waals surface area contributed by atoms with Crippen molar-refractivity contribution < 1.29 is 9.63 Å². The zero-order valence-electron chi connectivity index (χ0n) is 11.5. The first-order valence-corrected chi connectivity index (χ1v) is 6.88. The van der Waals surface area contributed by atoms with E-state index in [1.165, 1.54) is 0 Å². The Morgan fingerprint density at radius 3 is 2.71 bits per heavy atom. The second-order valence-corrected chi connectivity index (χ2v) is 5.82. The molecule has 106 valence electrons. The second kappa shape index (κ2) is 4.33. The number of fused-ring (bicyclic) bond motifs is 1. The molecule has 2 aromatic heterocycles. The molecule has 1 aliphatic carbocycles. The van der Waals surface area contributed by atoms with Gasteiger partial charge in [0.15, 0.2) is 0 Å². The highest BCUT2D eigenvalue weighted by Crippen LogP contribution is 2.43. The van der Waals surface area contributed by atoms with Gasteiger partial charge < -0.3 is 9.63 Å². The number of hydrogen-bond donors (Lipinski definition) is 1. The predicted octanol–water partition coefficient (Wildman–Crippen LogP) is 2.31. The summed E-state index contributed by atoms with van der Waals surface area (Å²) in [5.74, 6) is 1.29. The van der Waals surface area contributed by atoms with E-state index in [9.17, 15) is 5.11 Å². The maximum atomic E-state index is 9.78. The van der Waals surface area contributed by atoms with Gasteiger partial charge in [0, 0.05) is 23.9 Å². The highest BCUT2D eigenvalue weighted by Gasteiger charge is 2.42. The molecule has 0 aliphatic heterocycles. The first-order chi connectivity index (χ1) is 10.1. The van der Waals surface area contributed by atoms with Crippen molar-refractivity contribution in [3.05, 3.63) is 36.5 Å². The molecule has 6 heteroatoms. The smallest absolute Gasteiger partial charge is 0.230 e. The van der Waals surface area contributed by atoms with Gasteiger partial charge in [0.05, 0.1) is 16.6 Å². The van der Waals surface area contributed by atoms with E-state index in [0.29, 0.717) is 24.6 Å². The summed E-state index contributed by atoms with van der Waals surface area (Å²) in [4.78, 5) is 12.9. The van der Waals surface area contributed by atoms with Gasteiger partial charge in [-0.05, 0) is 38.0 Å². The molecule has 0 atom stereocenters. The number of aliphatic hydroxyl groups is 1. The lowest BCUT2D eigenvalue weighted by atomic mass is 9.72. The van der Waals surface area contributed by atoms with Gasteiger partial charge in [0.1, 0.15) is 0 Å². The summed E-state index contributed by atoms with van der Waals surface area (Å²) >= 11 is 0. The molecule has 21 heavy (non-hydrogen) atoms. The summed E-state index contributed by atoms with van der Waals surface area (Å²) < 4.78 is 5.32. The average molecular weight is 282 g/mol. The summed E-state index contributed by atoms with van der Waals surface area (Å²) in [5, 5.41) is 13.8. The van der Waals surface area contributed by atoms with E-state index >= 15 is 0 Å². The van der Waals surface area contributed by atoms with Gasteiger partial charge in [0.25, 0.3) is 0 Å². The summed E-state index contributed by atoms with van der Waals surface area (Å²) in [6.45, 7) is 1.82. The Kier molecular flexibility index (Phi) is 2.56. The van der Waals surface area contributed by atoms with Crippen LogP contribution in [0, 0.1) is 0 Å². The topological polar surface area (TPSA) is 84.9 Å². The molecule has 1 aromatic carbocycles. The van der Waals surface area contributed by atoms with Crippen LogP contribution in [0.5, 0.6) is 0 Å². The molecule has 0 bridgehead atoms. The number of nitrogens with zero attached hydrogens (tertiary/aromatic N) is 4. The normalized spacial score (nSPS) is 25.0. The molecule has 1 aliphatic rings. The molecule has 1 fully saturated rings. The maximum absolute atomic E-state index is 9.78. The van der Waals surface area contributed by atoms with Crippen molar-refractivity contribution in [1.82, 2.24) is 20.1 Å². The molecule has 0 unspecified atom stereocenters. The lowest BCUT2D eigenvalue weighted by Gasteiger charge is -2.38. The van der Waals surface area contributed by atoms with Crippen LogP contribution in [-0.2, 0) is 0 Å². The average Bonchev–Trinajstić information content (AvgIpc) is 2.93. The molecular weight excluding hydrogens is 268 g/mol. The van der Waals surface area contributed by atoms with Crippen LogP contribution in [0.3, 0.4) is 0 Å². The molecule has 6 nitrogen and oxygen atoms in total. The summed E-state index contributed by atoms with van der Waals surface area (Å²) in [6.07, 6.45) is 4.65. The monoisotopic (exact) mass is 282 g/mol. The number of benzene rings is 1. The summed E-state index contributed by atoms with van der Waals surface area (Å²) in [5.41, 5.74) is 1.88. The Bertz CT molecular complexity index is 804. The standard InChI is InChI=1S/C15H14N4O2/c1-15(20)7-10(8-15)14-18-13(19-21-14)9-2-3-11-12(6-9)17-5-4-16-11/h2-6,10,20H,7-8H2,1H3. The van der Waals surface area contributed by atoms with Crippen molar-refractivity contribution in [2.75, 3.05) is 0 Å². The van der Waals surface area contributed by atoms with Crippen molar-refractivity contribution in [3.63, 3.8) is 0 Å². The quantitative estimate of drug-likeness (QED) is 0.776. The van der Waals surface area contributed by atoms with E-state index in [2.05, 4.69) is 20.1 Å². The fraction of sp³-hybridized carbons (Fsp3) is 0.333. The molecule has 0 amide bonds. The zero-order chi connectivity index (χ0) is 14.4. The van der Waals surface area contributed by atoms with Crippen LogP contribution in [0.1, 0.15) is 31.6 Å². The second-order valence-electron chi connectivity index (χ2n) is 5.82. The maximum Gasteiger partial charge on any atom is 0.230 e. The fourth-order valence-corrected chi connectivity index (χ4v) is 2.80. The molecule has 0 radical (unpaired) electrons. The highest BCUT2D eigenvalue weighted by atomic mass is 16.5. The van der Waals surface area contributed by atoms with Crippen molar-refractivity contribution in [3.8, 4) is 11.4 Å². The lowest BCUT2D eigenvalue weighted by molar-refractivity contribution is -0.0386. The van der Waals surface area contributed by atoms with E-state index in [1.807, 2.05) is 25.1 Å². The third-order valence-electron chi connectivity index (χ3n) is 3.89. The Labute approximate surface area is 120 Å². The van der Waals surface area contributed by atoms with Crippen LogP contribution in [0.2, 0.25) is 0 Å². The van der Waals surface area contributed by atoms with E-state index in [1.54, 1.807) is 12.4 Å². The third-order valence-corrected chi connectivity index (χ3v) is 3.89. The van der Waals surface area contributed by atoms with Crippen LogP contribution >= 0.6 is 0 Å². The molecule has 2 heterocycles. The van der Waals surface area contributed by atoms with Crippen molar-refractivity contribution in [2.24, 2.45) is 0 Å². The highest BCUT2D eigenvalue weighted by molar-refractivity contribution is 5.79. The van der Waals surface area contributed by atoms with Crippen LogP contribution in [0.4, 0.5) is 0 Å². The molecule has 4 rings (SSSR count). The van der Waals surface area contributed by atoms with Crippen molar-refractivity contribution >= 4 is 11.0 Å². The first-order valence-electron chi connectivity index (χ1n) is 6.88. The molecule has 1 saturated carbocycles. The Morgan fingerprint density at radius 2 is 1.95 bits per heavy atom. The number of aromatic nitrogens is 4. The van der Waals surface area contributed by atoms with Gasteiger partial charge in [0.2, 0.25) is 11.7 Å². The Hall–Kier alpha value is -2.34. The molecular formula is C15H14N4O2. The Balaban J connectivity index is 1.65. The molecule has 0 spiro atoms. The van der Waals surface area contributed by atoms with Gasteiger partial charge in [-0.3, -0.25) is 9.97 Å². The first kappa shape index (κ1) is 12.4. The van der Waals surface area contributed by atoms with E-state index in [0.717, 1.165) is 16.6 Å². The minimum atomic E-state index is -0.599. The van der Waals surface area contributed by atoms with Crippen molar-refractivity contribution in [2.45, 2.75) is 31.3 Å². The number of hydrogen-bond acceptors (Lipinski definition) is 6. The van der Waals surface area contributed by atoms with Gasteiger partial charge in [-0.2, -0.15) is 4.98 Å². The largest absolute Gasteiger partial charge is 0.390 e. The lowest BCUT2D eigenvalue weighted by Crippen LogP contribution is -2.39. The Morgan fingerprint density at radius 1 is 1.19 bits per heavy atom. The van der Waals surface area contributed by atoms with E-state index < -0.39 is 5.60 Å². The fourth-order valence-electron chi connectivity index (χ4n) is 2.80.